The van der Waals surface area contributed by atoms with Gasteiger partial charge in [0.1, 0.15) is 0 Å². The van der Waals surface area contributed by atoms with E-state index in [4.69, 9.17) is 4.52 Å². The molecule has 0 saturated carbocycles. The molecule has 2 N–H and O–H groups in total. The van der Waals surface area contributed by atoms with E-state index in [9.17, 15) is 9.90 Å². The largest absolute Gasteiger partial charge is 0.387 e. The molecule has 6 heteroatoms. The molecule has 0 aliphatic heterocycles. The van der Waals surface area contributed by atoms with E-state index in [-0.39, 0.29) is 18.2 Å². The zero-order valence-electron chi connectivity index (χ0n) is 10.6. The Bertz CT molecular complexity index is 385. The van der Waals surface area contributed by atoms with Crippen molar-refractivity contribution in [1.82, 2.24) is 15.4 Å². The molecule has 1 unspecified atom stereocenters. The van der Waals surface area contributed by atoms with Gasteiger partial charge in [-0.15, -0.1) is 0 Å². The van der Waals surface area contributed by atoms with Gasteiger partial charge in [-0.2, -0.15) is 0 Å². The molecule has 0 bridgehead atoms. The van der Waals surface area contributed by atoms with Gasteiger partial charge in [0.15, 0.2) is 0 Å². The molecule has 0 spiro atoms. The first kappa shape index (κ1) is 13.7. The van der Waals surface area contributed by atoms with Gasteiger partial charge in [-0.25, -0.2) is 0 Å². The summed E-state index contributed by atoms with van der Waals surface area (Å²) in [6.45, 7) is 4.02. The third kappa shape index (κ3) is 4.54. The van der Waals surface area contributed by atoms with Gasteiger partial charge in [0, 0.05) is 19.2 Å². The number of hydrogen-bond acceptors (Lipinski definition) is 5. The van der Waals surface area contributed by atoms with E-state index < -0.39 is 5.60 Å². The predicted molar refractivity (Wildman–Crippen MR) is 62.8 cm³/mol. The van der Waals surface area contributed by atoms with Gasteiger partial charge in [0.05, 0.1) is 11.3 Å². The van der Waals surface area contributed by atoms with Crippen LogP contribution in [-0.2, 0) is 0 Å². The molecule has 0 saturated heterocycles. The van der Waals surface area contributed by atoms with E-state index in [1.54, 1.807) is 19.9 Å². The lowest BCUT2D eigenvalue weighted by molar-refractivity contribution is 0.0321. The van der Waals surface area contributed by atoms with Crippen LogP contribution in [0.4, 0.5) is 0 Å². The van der Waals surface area contributed by atoms with Gasteiger partial charge in [0.2, 0.25) is 5.76 Å². The first-order valence-electron chi connectivity index (χ1n) is 5.39. The van der Waals surface area contributed by atoms with E-state index in [2.05, 4.69) is 10.5 Å². The molecular formula is C11H19N3O3. The predicted octanol–water partition coefficient (Wildman–Crippen LogP) is 0.0254. The number of aromatic nitrogens is 1. The molecule has 1 aromatic rings. The topological polar surface area (TPSA) is 78.6 Å². The van der Waals surface area contributed by atoms with Crippen molar-refractivity contribution in [2.45, 2.75) is 19.4 Å². The minimum absolute atomic E-state index is 0.156. The molecular weight excluding hydrogens is 222 g/mol. The normalized spacial score (nSPS) is 14.7. The lowest BCUT2D eigenvalue weighted by atomic mass is 10.1. The maximum absolute atomic E-state index is 11.6. The summed E-state index contributed by atoms with van der Waals surface area (Å²) in [5, 5.41) is 16.2. The molecule has 0 aliphatic carbocycles. The summed E-state index contributed by atoms with van der Waals surface area (Å²) in [6, 6.07) is 1.55. The monoisotopic (exact) mass is 241 g/mol. The van der Waals surface area contributed by atoms with Gasteiger partial charge in [-0.1, -0.05) is 5.16 Å². The van der Waals surface area contributed by atoms with Gasteiger partial charge in [0.25, 0.3) is 5.91 Å². The maximum Gasteiger partial charge on any atom is 0.290 e. The average Bonchev–Trinajstić information content (AvgIpc) is 2.59. The van der Waals surface area contributed by atoms with Crippen LogP contribution in [0.15, 0.2) is 10.6 Å². The fourth-order valence-electron chi connectivity index (χ4n) is 1.57. The molecule has 17 heavy (non-hydrogen) atoms. The Morgan fingerprint density at radius 1 is 1.65 bits per heavy atom. The van der Waals surface area contributed by atoms with Crippen molar-refractivity contribution in [1.29, 1.82) is 0 Å². The summed E-state index contributed by atoms with van der Waals surface area (Å²) in [6.07, 6.45) is 0. The van der Waals surface area contributed by atoms with E-state index in [0.717, 1.165) is 0 Å². The third-order valence-electron chi connectivity index (χ3n) is 2.14. The first-order valence-corrected chi connectivity index (χ1v) is 5.39. The standard InChI is InChI=1S/C11H19N3O3/c1-8-5-9(17-13-8)10(15)12-6-11(2,16)7-14(3)4/h5,16H,6-7H2,1-4H3,(H,12,15). The number of aryl methyl sites for hydroxylation is 1. The minimum atomic E-state index is -0.978. The Balaban J connectivity index is 2.48. The molecule has 0 aromatic carbocycles. The number of rotatable bonds is 5. The Morgan fingerprint density at radius 2 is 2.29 bits per heavy atom. The lowest BCUT2D eigenvalue weighted by Gasteiger charge is -2.26. The van der Waals surface area contributed by atoms with Crippen LogP contribution in [0.1, 0.15) is 23.2 Å². The molecule has 0 fully saturated rings. The molecule has 1 aromatic heterocycles. The highest BCUT2D eigenvalue weighted by atomic mass is 16.5. The fourth-order valence-corrected chi connectivity index (χ4v) is 1.57. The van der Waals surface area contributed by atoms with E-state index in [0.29, 0.717) is 12.2 Å². The average molecular weight is 241 g/mol. The second kappa shape index (κ2) is 5.29. The highest BCUT2D eigenvalue weighted by molar-refractivity contribution is 5.91. The Hall–Kier alpha value is -1.40. The second-order valence-electron chi connectivity index (χ2n) is 4.75. The zero-order valence-corrected chi connectivity index (χ0v) is 10.6. The van der Waals surface area contributed by atoms with E-state index in [1.807, 2.05) is 19.0 Å². The van der Waals surface area contributed by atoms with Crippen molar-refractivity contribution in [3.05, 3.63) is 17.5 Å². The fraction of sp³-hybridized carbons (Fsp3) is 0.636. The van der Waals surface area contributed by atoms with Crippen LogP contribution in [-0.4, -0.2) is 53.9 Å². The Morgan fingerprint density at radius 3 is 2.76 bits per heavy atom. The molecule has 1 rings (SSSR count). The summed E-state index contributed by atoms with van der Waals surface area (Å²) in [5.41, 5.74) is -0.330. The lowest BCUT2D eigenvalue weighted by Crippen LogP contribution is -2.47. The van der Waals surface area contributed by atoms with Crippen molar-refractivity contribution in [3.8, 4) is 0 Å². The second-order valence-corrected chi connectivity index (χ2v) is 4.75. The van der Waals surface area contributed by atoms with Crippen molar-refractivity contribution in [2.24, 2.45) is 0 Å². The molecule has 1 amide bonds. The summed E-state index contributed by atoms with van der Waals surface area (Å²) in [7, 11) is 3.71. The van der Waals surface area contributed by atoms with Crippen LogP contribution in [0.3, 0.4) is 0 Å². The van der Waals surface area contributed by atoms with Crippen molar-refractivity contribution in [2.75, 3.05) is 27.2 Å². The van der Waals surface area contributed by atoms with E-state index >= 15 is 0 Å². The van der Waals surface area contributed by atoms with Gasteiger partial charge in [-0.05, 0) is 27.9 Å². The molecule has 0 radical (unpaired) electrons. The van der Waals surface area contributed by atoms with Crippen LogP contribution >= 0.6 is 0 Å². The third-order valence-corrected chi connectivity index (χ3v) is 2.14. The minimum Gasteiger partial charge on any atom is -0.387 e. The van der Waals surface area contributed by atoms with Gasteiger partial charge < -0.3 is 19.8 Å². The molecule has 6 nitrogen and oxygen atoms in total. The number of nitrogens with zero attached hydrogens (tertiary/aromatic N) is 2. The molecule has 1 atom stereocenters. The van der Waals surface area contributed by atoms with Crippen LogP contribution in [0.2, 0.25) is 0 Å². The summed E-state index contributed by atoms with van der Waals surface area (Å²) in [4.78, 5) is 13.5. The van der Waals surface area contributed by atoms with Crippen molar-refractivity contribution < 1.29 is 14.4 Å². The van der Waals surface area contributed by atoms with Crippen LogP contribution < -0.4 is 5.32 Å². The Kier molecular flexibility index (Phi) is 4.25. The van der Waals surface area contributed by atoms with Crippen LogP contribution in [0.25, 0.3) is 0 Å². The number of amides is 1. The molecule has 1 heterocycles. The number of carbonyl (C=O) groups excluding carboxylic acids is 1. The van der Waals surface area contributed by atoms with Crippen molar-refractivity contribution >= 4 is 5.91 Å². The Labute approximate surface area is 101 Å². The number of aliphatic hydroxyl groups is 1. The molecule has 0 aliphatic rings. The van der Waals surface area contributed by atoms with E-state index in [1.165, 1.54) is 0 Å². The summed E-state index contributed by atoms with van der Waals surface area (Å²) < 4.78 is 4.82. The highest BCUT2D eigenvalue weighted by Crippen LogP contribution is 2.05. The number of hydrogen-bond donors (Lipinski definition) is 2. The first-order chi connectivity index (χ1) is 7.80. The quantitative estimate of drug-likeness (QED) is 0.760. The number of likely N-dealkylation sites (N-methyl/N-ethyl adjacent to an activating group) is 1. The summed E-state index contributed by atoms with van der Waals surface area (Å²) in [5.74, 6) is -0.215. The zero-order chi connectivity index (χ0) is 13.1. The van der Waals surface area contributed by atoms with Crippen molar-refractivity contribution in [3.63, 3.8) is 0 Å². The SMILES string of the molecule is Cc1cc(C(=O)NCC(C)(O)CN(C)C)on1. The maximum atomic E-state index is 11.6. The molecule has 96 valence electrons. The smallest absolute Gasteiger partial charge is 0.290 e. The van der Waals surface area contributed by atoms with Crippen LogP contribution in [0.5, 0.6) is 0 Å². The van der Waals surface area contributed by atoms with Crippen LogP contribution in [0, 0.1) is 6.92 Å². The number of carbonyl (C=O) groups is 1. The number of nitrogens with one attached hydrogen (secondary N) is 1. The van der Waals surface area contributed by atoms with Gasteiger partial charge >= 0.3 is 0 Å². The summed E-state index contributed by atoms with van der Waals surface area (Å²) >= 11 is 0. The highest BCUT2D eigenvalue weighted by Gasteiger charge is 2.23. The van der Waals surface area contributed by atoms with Gasteiger partial charge in [-0.3, -0.25) is 4.79 Å².